The highest BCUT2D eigenvalue weighted by Crippen LogP contribution is 2.23. The van der Waals surface area contributed by atoms with E-state index in [1.54, 1.807) is 29.2 Å². The summed E-state index contributed by atoms with van der Waals surface area (Å²) in [4.78, 5) is 25.8. The first-order valence-electron chi connectivity index (χ1n) is 7.50. The molecule has 1 aliphatic rings. The lowest BCUT2D eigenvalue weighted by Gasteiger charge is -2.24. The number of likely N-dealkylation sites (tertiary alicyclic amines) is 1. The molecule has 0 aliphatic carbocycles. The molecule has 2 rings (SSSR count). The van der Waals surface area contributed by atoms with Crippen LogP contribution >= 0.6 is 0 Å². The van der Waals surface area contributed by atoms with Gasteiger partial charge in [0.05, 0.1) is 12.1 Å². The molecule has 0 saturated carbocycles. The number of carbonyl (C=O) groups excluding carboxylic acids is 2. The highest BCUT2D eigenvalue weighted by molar-refractivity contribution is 5.89. The second kappa shape index (κ2) is 6.38. The van der Waals surface area contributed by atoms with Crippen molar-refractivity contribution in [1.82, 2.24) is 4.90 Å². The highest BCUT2D eigenvalue weighted by atomic mass is 16.6. The van der Waals surface area contributed by atoms with Gasteiger partial charge in [0.1, 0.15) is 11.7 Å². The summed E-state index contributed by atoms with van der Waals surface area (Å²) < 4.78 is 10.9. The molecule has 0 N–H and O–H groups in total. The molecule has 0 bridgehead atoms. The van der Waals surface area contributed by atoms with Gasteiger partial charge in [-0.25, -0.2) is 9.59 Å². The molecular formula is C17H23NO4. The zero-order chi connectivity index (χ0) is 16.3. The summed E-state index contributed by atoms with van der Waals surface area (Å²) in [6.07, 6.45) is -0.669. The van der Waals surface area contributed by atoms with E-state index in [0.29, 0.717) is 18.7 Å². The maximum atomic E-state index is 12.1. The monoisotopic (exact) mass is 305 g/mol. The number of hydrogen-bond acceptors (Lipinski definition) is 4. The van der Waals surface area contributed by atoms with Crippen LogP contribution < -0.4 is 0 Å². The van der Waals surface area contributed by atoms with E-state index in [2.05, 4.69) is 0 Å². The van der Waals surface area contributed by atoms with Crippen molar-refractivity contribution in [1.29, 1.82) is 0 Å². The van der Waals surface area contributed by atoms with Gasteiger partial charge >= 0.3 is 12.1 Å². The summed E-state index contributed by atoms with van der Waals surface area (Å²) >= 11 is 0. The van der Waals surface area contributed by atoms with E-state index in [9.17, 15) is 9.59 Å². The van der Waals surface area contributed by atoms with E-state index in [1.807, 2.05) is 33.8 Å². The lowest BCUT2D eigenvalue weighted by Crippen LogP contribution is -2.36. The molecule has 1 aromatic rings. The van der Waals surface area contributed by atoms with Crippen molar-refractivity contribution >= 4 is 12.1 Å². The van der Waals surface area contributed by atoms with Crippen LogP contribution in [-0.2, 0) is 9.47 Å². The first-order chi connectivity index (χ1) is 10.3. The number of esters is 1. The topological polar surface area (TPSA) is 55.8 Å². The van der Waals surface area contributed by atoms with E-state index >= 15 is 0 Å². The number of benzene rings is 1. The Morgan fingerprint density at radius 1 is 1.14 bits per heavy atom. The average molecular weight is 305 g/mol. The number of hydrogen-bond donors (Lipinski definition) is 0. The Bertz CT molecular complexity index is 535. The van der Waals surface area contributed by atoms with Crippen molar-refractivity contribution in [2.24, 2.45) is 5.92 Å². The molecule has 2 atom stereocenters. The SMILES string of the molecule is CC1CN(C(=O)OC(C)(C)C)C[C@@H]1OC(=O)c1ccccc1. The van der Waals surface area contributed by atoms with Gasteiger partial charge in [-0.15, -0.1) is 0 Å². The summed E-state index contributed by atoms with van der Waals surface area (Å²) in [7, 11) is 0. The minimum atomic E-state index is -0.529. The van der Waals surface area contributed by atoms with Crippen LogP contribution in [-0.4, -0.2) is 41.8 Å². The van der Waals surface area contributed by atoms with Gasteiger partial charge < -0.3 is 14.4 Å². The third-order valence-corrected chi connectivity index (χ3v) is 3.46. The molecular weight excluding hydrogens is 282 g/mol. The zero-order valence-corrected chi connectivity index (χ0v) is 13.5. The van der Waals surface area contributed by atoms with Gasteiger partial charge in [0.25, 0.3) is 0 Å². The van der Waals surface area contributed by atoms with Crippen LogP contribution in [0.5, 0.6) is 0 Å². The second-order valence-electron chi connectivity index (χ2n) is 6.67. The second-order valence-corrected chi connectivity index (χ2v) is 6.67. The molecule has 1 saturated heterocycles. The third kappa shape index (κ3) is 4.23. The summed E-state index contributed by atoms with van der Waals surface area (Å²) in [5.74, 6) is -0.274. The first-order valence-corrected chi connectivity index (χ1v) is 7.50. The minimum absolute atomic E-state index is 0.0835. The summed E-state index contributed by atoms with van der Waals surface area (Å²) in [5, 5.41) is 0. The third-order valence-electron chi connectivity index (χ3n) is 3.46. The highest BCUT2D eigenvalue weighted by Gasteiger charge is 2.37. The van der Waals surface area contributed by atoms with Crippen LogP contribution in [0.15, 0.2) is 30.3 Å². The van der Waals surface area contributed by atoms with Crippen molar-refractivity contribution in [3.8, 4) is 0 Å². The lowest BCUT2D eigenvalue weighted by atomic mass is 10.1. The Labute approximate surface area is 131 Å². The van der Waals surface area contributed by atoms with Crippen LogP contribution in [0.2, 0.25) is 0 Å². The van der Waals surface area contributed by atoms with Crippen molar-refractivity contribution in [2.75, 3.05) is 13.1 Å². The van der Waals surface area contributed by atoms with Gasteiger partial charge in [0.15, 0.2) is 0 Å². The van der Waals surface area contributed by atoms with Crippen molar-refractivity contribution in [3.05, 3.63) is 35.9 Å². The molecule has 0 spiro atoms. The number of ether oxygens (including phenoxy) is 2. The standard InChI is InChI=1S/C17H23NO4/c1-12-10-18(16(20)22-17(2,3)4)11-14(12)21-15(19)13-8-6-5-7-9-13/h5-9,12,14H,10-11H2,1-4H3/t12?,14-/m0/s1. The molecule has 22 heavy (non-hydrogen) atoms. The van der Waals surface area contributed by atoms with Gasteiger partial charge in [-0.1, -0.05) is 25.1 Å². The van der Waals surface area contributed by atoms with Crippen LogP contribution in [0.4, 0.5) is 4.79 Å². The smallest absolute Gasteiger partial charge is 0.410 e. The van der Waals surface area contributed by atoms with E-state index in [4.69, 9.17) is 9.47 Å². The molecule has 1 aromatic carbocycles. The van der Waals surface area contributed by atoms with Crippen LogP contribution in [0, 0.1) is 5.92 Å². The van der Waals surface area contributed by atoms with Gasteiger partial charge in [0, 0.05) is 12.5 Å². The molecule has 1 unspecified atom stereocenters. The van der Waals surface area contributed by atoms with E-state index in [0.717, 1.165) is 0 Å². The summed E-state index contributed by atoms with van der Waals surface area (Å²) in [6.45, 7) is 8.36. The Hall–Kier alpha value is -2.04. The normalized spacial score (nSPS) is 21.5. The van der Waals surface area contributed by atoms with Gasteiger partial charge in [-0.3, -0.25) is 0 Å². The molecule has 0 radical (unpaired) electrons. The first kappa shape index (κ1) is 16.3. The minimum Gasteiger partial charge on any atom is -0.457 e. The number of amides is 1. The summed E-state index contributed by atoms with van der Waals surface area (Å²) in [5.41, 5.74) is -0.00974. The quantitative estimate of drug-likeness (QED) is 0.788. The Kier molecular flexibility index (Phi) is 4.74. The maximum Gasteiger partial charge on any atom is 0.410 e. The van der Waals surface area contributed by atoms with Crippen LogP contribution in [0.3, 0.4) is 0 Å². The lowest BCUT2D eigenvalue weighted by molar-refractivity contribution is 0.0169. The van der Waals surface area contributed by atoms with Crippen LogP contribution in [0.1, 0.15) is 38.1 Å². The van der Waals surface area contributed by atoms with Gasteiger partial charge in [0.2, 0.25) is 0 Å². The maximum absolute atomic E-state index is 12.1. The summed E-state index contributed by atoms with van der Waals surface area (Å²) in [6, 6.07) is 8.86. The van der Waals surface area contributed by atoms with Gasteiger partial charge in [-0.2, -0.15) is 0 Å². The van der Waals surface area contributed by atoms with Crippen molar-refractivity contribution in [2.45, 2.75) is 39.4 Å². The zero-order valence-electron chi connectivity index (χ0n) is 13.5. The fourth-order valence-corrected chi connectivity index (χ4v) is 2.35. The van der Waals surface area contributed by atoms with Crippen molar-refractivity contribution < 1.29 is 19.1 Å². The molecule has 1 amide bonds. The number of nitrogens with zero attached hydrogens (tertiary/aromatic N) is 1. The van der Waals surface area contributed by atoms with Gasteiger partial charge in [-0.05, 0) is 32.9 Å². The number of rotatable bonds is 2. The Morgan fingerprint density at radius 2 is 1.77 bits per heavy atom. The molecule has 1 heterocycles. The van der Waals surface area contributed by atoms with Crippen LogP contribution in [0.25, 0.3) is 0 Å². The molecule has 120 valence electrons. The fourth-order valence-electron chi connectivity index (χ4n) is 2.35. The average Bonchev–Trinajstić information content (AvgIpc) is 2.79. The van der Waals surface area contributed by atoms with E-state index in [-0.39, 0.29) is 24.1 Å². The Morgan fingerprint density at radius 3 is 2.36 bits per heavy atom. The molecule has 1 aliphatic heterocycles. The molecule has 5 nitrogen and oxygen atoms in total. The molecule has 1 fully saturated rings. The van der Waals surface area contributed by atoms with Crippen molar-refractivity contribution in [3.63, 3.8) is 0 Å². The predicted octanol–water partition coefficient (Wildman–Crippen LogP) is 3.10. The number of carbonyl (C=O) groups is 2. The van der Waals surface area contributed by atoms with E-state index < -0.39 is 5.60 Å². The predicted molar refractivity (Wildman–Crippen MR) is 82.6 cm³/mol. The Balaban J connectivity index is 1.94. The van der Waals surface area contributed by atoms with E-state index in [1.165, 1.54) is 0 Å². The molecule has 0 aromatic heterocycles. The molecule has 5 heteroatoms. The largest absolute Gasteiger partial charge is 0.457 e. The fraction of sp³-hybridized carbons (Fsp3) is 0.529.